The van der Waals surface area contributed by atoms with E-state index in [0.717, 1.165) is 26.1 Å². The van der Waals surface area contributed by atoms with Crippen LogP contribution >= 0.6 is 0 Å². The van der Waals surface area contributed by atoms with Crippen molar-refractivity contribution in [1.82, 2.24) is 5.32 Å². The summed E-state index contributed by atoms with van der Waals surface area (Å²) in [7, 11) is 0. The van der Waals surface area contributed by atoms with E-state index in [4.69, 9.17) is 0 Å². The van der Waals surface area contributed by atoms with Crippen molar-refractivity contribution in [3.8, 4) is 0 Å². The lowest BCUT2D eigenvalue weighted by Gasteiger charge is -2.18. The molecule has 2 N–H and O–H groups in total. The lowest BCUT2D eigenvalue weighted by molar-refractivity contribution is 0.671. The Balaban J connectivity index is 1.90. The van der Waals surface area contributed by atoms with Gasteiger partial charge in [-0.3, -0.25) is 0 Å². The van der Waals surface area contributed by atoms with Gasteiger partial charge in [-0.05, 0) is 56.0 Å². The predicted octanol–water partition coefficient (Wildman–Crippen LogP) is 2.59. The normalized spacial score (nSPS) is 14.3. The first-order valence-electron chi connectivity index (χ1n) is 6.46. The summed E-state index contributed by atoms with van der Waals surface area (Å²) in [6.07, 6.45) is 4.87. The van der Waals surface area contributed by atoms with E-state index in [2.05, 4.69) is 35.8 Å². The van der Waals surface area contributed by atoms with E-state index in [-0.39, 0.29) is 0 Å². The molecule has 2 heteroatoms. The maximum Gasteiger partial charge on any atom is 0.0372 e. The molecule has 0 amide bonds. The van der Waals surface area contributed by atoms with Gasteiger partial charge in [0, 0.05) is 12.2 Å². The van der Waals surface area contributed by atoms with Crippen LogP contribution in [0.5, 0.6) is 0 Å². The smallest absolute Gasteiger partial charge is 0.0372 e. The minimum absolute atomic E-state index is 1.10. The molecule has 0 aromatic heterocycles. The Labute approximate surface area is 98.4 Å². The third-order valence-corrected chi connectivity index (χ3v) is 3.13. The maximum atomic E-state index is 3.45. The monoisotopic (exact) mass is 218 g/mol. The van der Waals surface area contributed by atoms with Gasteiger partial charge in [-0.1, -0.05) is 19.1 Å². The Hall–Kier alpha value is -1.02. The second-order valence-corrected chi connectivity index (χ2v) is 4.52. The molecule has 1 aromatic rings. The lowest BCUT2D eigenvalue weighted by atomic mass is 9.99. The van der Waals surface area contributed by atoms with Crippen molar-refractivity contribution < 1.29 is 0 Å². The molecule has 1 aromatic carbocycles. The third-order valence-electron chi connectivity index (χ3n) is 3.13. The van der Waals surface area contributed by atoms with Crippen molar-refractivity contribution in [3.63, 3.8) is 0 Å². The number of aryl methyl sites for hydroxylation is 1. The van der Waals surface area contributed by atoms with Crippen LogP contribution < -0.4 is 10.6 Å². The molecule has 0 atom stereocenters. The molecular formula is C14H22N2. The molecule has 1 aliphatic heterocycles. The minimum atomic E-state index is 1.10. The van der Waals surface area contributed by atoms with E-state index in [0.29, 0.717) is 0 Å². The molecule has 1 aliphatic rings. The van der Waals surface area contributed by atoms with E-state index in [1.54, 1.807) is 0 Å². The molecule has 0 saturated heterocycles. The van der Waals surface area contributed by atoms with Crippen molar-refractivity contribution in [2.75, 3.05) is 25.0 Å². The molecule has 0 unspecified atom stereocenters. The molecule has 2 rings (SSSR count). The molecule has 88 valence electrons. The first-order valence-corrected chi connectivity index (χ1v) is 6.46. The third kappa shape index (κ3) is 2.99. The highest BCUT2D eigenvalue weighted by Gasteiger charge is 2.08. The maximum absolute atomic E-state index is 3.45. The van der Waals surface area contributed by atoms with Crippen LogP contribution in [0, 0.1) is 0 Å². The lowest BCUT2D eigenvalue weighted by Crippen LogP contribution is -2.18. The molecular weight excluding hydrogens is 196 g/mol. The van der Waals surface area contributed by atoms with Crippen molar-refractivity contribution in [3.05, 3.63) is 29.3 Å². The van der Waals surface area contributed by atoms with Crippen LogP contribution in [0.15, 0.2) is 18.2 Å². The van der Waals surface area contributed by atoms with Crippen LogP contribution in [0.25, 0.3) is 0 Å². The first kappa shape index (κ1) is 11.5. The van der Waals surface area contributed by atoms with Crippen molar-refractivity contribution in [2.45, 2.75) is 32.6 Å². The fourth-order valence-corrected chi connectivity index (χ4v) is 2.22. The topological polar surface area (TPSA) is 24.1 Å². The number of fused-ring (bicyclic) bond motifs is 1. The van der Waals surface area contributed by atoms with Gasteiger partial charge in [-0.15, -0.1) is 0 Å². The highest BCUT2D eigenvalue weighted by Crippen LogP contribution is 2.22. The van der Waals surface area contributed by atoms with Gasteiger partial charge >= 0.3 is 0 Å². The Bertz CT molecular complexity index is 334. The number of rotatable bonds is 5. The average molecular weight is 218 g/mol. The predicted molar refractivity (Wildman–Crippen MR) is 70.1 cm³/mol. The van der Waals surface area contributed by atoms with Crippen molar-refractivity contribution in [2.24, 2.45) is 0 Å². The van der Waals surface area contributed by atoms with Crippen LogP contribution in [-0.4, -0.2) is 19.6 Å². The first-order chi connectivity index (χ1) is 7.90. The Morgan fingerprint density at radius 1 is 1.31 bits per heavy atom. The zero-order valence-electron chi connectivity index (χ0n) is 10.2. The van der Waals surface area contributed by atoms with E-state index < -0.39 is 0 Å². The zero-order chi connectivity index (χ0) is 11.2. The molecule has 0 saturated carbocycles. The summed E-state index contributed by atoms with van der Waals surface area (Å²) in [6.45, 7) is 5.56. The highest BCUT2D eigenvalue weighted by atomic mass is 14.9. The van der Waals surface area contributed by atoms with E-state index in [1.807, 2.05) is 0 Å². The van der Waals surface area contributed by atoms with E-state index in [1.165, 1.54) is 36.1 Å². The molecule has 2 nitrogen and oxygen atoms in total. The second kappa shape index (κ2) is 5.90. The van der Waals surface area contributed by atoms with Gasteiger partial charge in [0.2, 0.25) is 0 Å². The van der Waals surface area contributed by atoms with Crippen molar-refractivity contribution >= 4 is 5.69 Å². The quantitative estimate of drug-likeness (QED) is 0.742. The van der Waals surface area contributed by atoms with Gasteiger partial charge in [-0.2, -0.15) is 0 Å². The zero-order valence-corrected chi connectivity index (χ0v) is 10.2. The number of hydrogen-bond donors (Lipinski definition) is 2. The number of hydrogen-bond acceptors (Lipinski definition) is 2. The minimum Gasteiger partial charge on any atom is -0.385 e. The van der Waals surface area contributed by atoms with Crippen molar-refractivity contribution in [1.29, 1.82) is 0 Å². The van der Waals surface area contributed by atoms with Gasteiger partial charge in [0.05, 0.1) is 0 Å². The van der Waals surface area contributed by atoms with Crippen LogP contribution in [0.2, 0.25) is 0 Å². The van der Waals surface area contributed by atoms with Gasteiger partial charge in [-0.25, -0.2) is 0 Å². The number of nitrogens with one attached hydrogen (secondary N) is 2. The van der Waals surface area contributed by atoms with Crippen LogP contribution in [-0.2, 0) is 12.8 Å². The van der Waals surface area contributed by atoms with Gasteiger partial charge in [0.1, 0.15) is 0 Å². The van der Waals surface area contributed by atoms with Gasteiger partial charge in [0.15, 0.2) is 0 Å². The number of benzene rings is 1. The molecule has 1 heterocycles. The highest BCUT2D eigenvalue weighted by molar-refractivity contribution is 5.54. The Kier molecular flexibility index (Phi) is 4.23. The SMILES string of the molecule is CCCNCCc1ccc2c(c1)CCCN2. The van der Waals surface area contributed by atoms with Crippen LogP contribution in [0.4, 0.5) is 5.69 Å². The molecule has 0 spiro atoms. The Morgan fingerprint density at radius 2 is 2.25 bits per heavy atom. The molecule has 0 bridgehead atoms. The summed E-state index contributed by atoms with van der Waals surface area (Å²) in [5.41, 5.74) is 4.31. The standard InChI is InChI=1S/C14H22N2/c1-2-8-15-10-7-12-5-6-14-13(11-12)4-3-9-16-14/h5-6,11,15-16H,2-4,7-10H2,1H3. The summed E-state index contributed by atoms with van der Waals surface area (Å²) >= 11 is 0. The van der Waals surface area contributed by atoms with Gasteiger partial charge < -0.3 is 10.6 Å². The van der Waals surface area contributed by atoms with Gasteiger partial charge in [0.25, 0.3) is 0 Å². The summed E-state index contributed by atoms with van der Waals surface area (Å²) in [4.78, 5) is 0. The fourth-order valence-electron chi connectivity index (χ4n) is 2.22. The second-order valence-electron chi connectivity index (χ2n) is 4.52. The van der Waals surface area contributed by atoms with E-state index in [9.17, 15) is 0 Å². The largest absolute Gasteiger partial charge is 0.385 e. The van der Waals surface area contributed by atoms with Crippen LogP contribution in [0.1, 0.15) is 30.9 Å². The molecule has 0 aliphatic carbocycles. The average Bonchev–Trinajstić information content (AvgIpc) is 2.34. The Morgan fingerprint density at radius 3 is 3.12 bits per heavy atom. The summed E-state index contributed by atoms with van der Waals surface area (Å²) in [5, 5.41) is 6.90. The summed E-state index contributed by atoms with van der Waals surface area (Å²) in [6, 6.07) is 6.86. The van der Waals surface area contributed by atoms with E-state index >= 15 is 0 Å². The molecule has 0 radical (unpaired) electrons. The summed E-state index contributed by atoms with van der Waals surface area (Å²) < 4.78 is 0. The van der Waals surface area contributed by atoms with Crippen LogP contribution in [0.3, 0.4) is 0 Å². The molecule has 16 heavy (non-hydrogen) atoms. The summed E-state index contributed by atoms with van der Waals surface area (Å²) in [5.74, 6) is 0. The number of anilines is 1. The molecule has 0 fully saturated rings. The fraction of sp³-hybridized carbons (Fsp3) is 0.571.